The average Bonchev–Trinajstić information content (AvgIpc) is 2.29. The summed E-state index contributed by atoms with van der Waals surface area (Å²) in [5.74, 6) is 1.04. The molecule has 2 nitrogen and oxygen atoms in total. The predicted octanol–water partition coefficient (Wildman–Crippen LogP) is 2.67. The van der Waals surface area contributed by atoms with Crippen LogP contribution in [0.5, 0.6) is 0 Å². The molecule has 3 heteroatoms. The third kappa shape index (κ3) is 4.23. The number of nitrogens with zero attached hydrogens (tertiary/aromatic N) is 1. The molecule has 0 aromatic rings. The lowest BCUT2D eigenvalue weighted by Gasteiger charge is -2.35. The molecule has 1 heterocycles. The minimum atomic E-state index is 0. The zero-order valence-electron chi connectivity index (χ0n) is 10.6. The Bertz CT molecular complexity index is 181. The molecule has 1 unspecified atom stereocenters. The molecule has 1 aliphatic carbocycles. The van der Waals surface area contributed by atoms with Crippen molar-refractivity contribution in [2.45, 2.75) is 51.5 Å². The van der Waals surface area contributed by atoms with Crippen molar-refractivity contribution >= 4 is 12.4 Å². The summed E-state index contributed by atoms with van der Waals surface area (Å²) in [5, 5.41) is 3.46. The van der Waals surface area contributed by atoms with Gasteiger partial charge in [-0.1, -0.05) is 32.1 Å². The summed E-state index contributed by atoms with van der Waals surface area (Å²) in [6.45, 7) is 7.33. The Hall–Kier alpha value is 0.210. The van der Waals surface area contributed by atoms with Crippen molar-refractivity contribution in [1.29, 1.82) is 0 Å². The monoisotopic (exact) mass is 246 g/mol. The highest BCUT2D eigenvalue weighted by Gasteiger charge is 2.19. The van der Waals surface area contributed by atoms with Crippen LogP contribution in [-0.4, -0.2) is 37.1 Å². The van der Waals surface area contributed by atoms with Crippen molar-refractivity contribution in [1.82, 2.24) is 10.2 Å². The SMILES string of the molecule is CC1CNCCN1CCC1CCCCC1.Cl. The normalized spacial score (nSPS) is 28.7. The first-order valence-electron chi connectivity index (χ1n) is 6.81. The van der Waals surface area contributed by atoms with E-state index in [-0.39, 0.29) is 12.4 Å². The molecule has 2 rings (SSSR count). The van der Waals surface area contributed by atoms with E-state index in [4.69, 9.17) is 0 Å². The Morgan fingerprint density at radius 3 is 2.62 bits per heavy atom. The fraction of sp³-hybridized carbons (Fsp3) is 1.00. The molecule has 16 heavy (non-hydrogen) atoms. The zero-order valence-corrected chi connectivity index (χ0v) is 11.4. The fourth-order valence-corrected chi connectivity index (χ4v) is 3.04. The van der Waals surface area contributed by atoms with Gasteiger partial charge in [0, 0.05) is 25.7 Å². The van der Waals surface area contributed by atoms with Gasteiger partial charge < -0.3 is 5.32 Å². The van der Waals surface area contributed by atoms with Crippen LogP contribution in [0.2, 0.25) is 0 Å². The molecule has 0 aromatic carbocycles. The van der Waals surface area contributed by atoms with Gasteiger partial charge in [-0.2, -0.15) is 0 Å². The summed E-state index contributed by atoms with van der Waals surface area (Å²) in [6.07, 6.45) is 8.91. The third-order valence-electron chi connectivity index (χ3n) is 4.19. The van der Waals surface area contributed by atoms with E-state index >= 15 is 0 Å². The van der Waals surface area contributed by atoms with Crippen LogP contribution in [0, 0.1) is 5.92 Å². The van der Waals surface area contributed by atoms with E-state index in [9.17, 15) is 0 Å². The molecule has 0 bridgehead atoms. The van der Waals surface area contributed by atoms with Gasteiger partial charge in [0.25, 0.3) is 0 Å². The summed E-state index contributed by atoms with van der Waals surface area (Å²) in [4.78, 5) is 2.67. The average molecular weight is 247 g/mol. The van der Waals surface area contributed by atoms with Gasteiger partial charge in [-0.15, -0.1) is 12.4 Å². The Kier molecular flexibility index (Phi) is 6.71. The minimum Gasteiger partial charge on any atom is -0.314 e. The first-order chi connectivity index (χ1) is 7.36. The quantitative estimate of drug-likeness (QED) is 0.824. The summed E-state index contributed by atoms with van der Waals surface area (Å²) < 4.78 is 0. The standard InChI is InChI=1S/C13H26N2.ClH/c1-12-11-14-8-10-15(12)9-7-13-5-3-2-4-6-13;/h12-14H,2-11H2,1H3;1H. The van der Waals surface area contributed by atoms with Crippen molar-refractivity contribution in [2.24, 2.45) is 5.92 Å². The molecule has 1 aliphatic heterocycles. The van der Waals surface area contributed by atoms with Gasteiger partial charge >= 0.3 is 0 Å². The summed E-state index contributed by atoms with van der Waals surface area (Å²) in [7, 11) is 0. The van der Waals surface area contributed by atoms with Crippen molar-refractivity contribution in [2.75, 3.05) is 26.2 Å². The molecular weight excluding hydrogens is 220 g/mol. The molecule has 1 saturated heterocycles. The lowest BCUT2D eigenvalue weighted by Crippen LogP contribution is -2.50. The van der Waals surface area contributed by atoms with Crippen LogP contribution < -0.4 is 5.32 Å². The fourth-order valence-electron chi connectivity index (χ4n) is 3.04. The topological polar surface area (TPSA) is 15.3 Å². The maximum atomic E-state index is 3.46. The maximum absolute atomic E-state index is 3.46. The number of hydrogen-bond donors (Lipinski definition) is 1. The summed E-state index contributed by atoms with van der Waals surface area (Å²) >= 11 is 0. The molecule has 0 aromatic heterocycles. The number of hydrogen-bond acceptors (Lipinski definition) is 2. The highest BCUT2D eigenvalue weighted by Crippen LogP contribution is 2.26. The second kappa shape index (κ2) is 7.52. The summed E-state index contributed by atoms with van der Waals surface area (Å²) in [6, 6.07) is 0.752. The minimum absolute atomic E-state index is 0. The molecule has 1 atom stereocenters. The lowest BCUT2D eigenvalue weighted by molar-refractivity contribution is 0.156. The molecule has 0 amide bonds. The van der Waals surface area contributed by atoms with Gasteiger partial charge in [0.2, 0.25) is 0 Å². The van der Waals surface area contributed by atoms with E-state index in [1.54, 1.807) is 0 Å². The van der Waals surface area contributed by atoms with Crippen LogP contribution in [0.3, 0.4) is 0 Å². The van der Waals surface area contributed by atoms with Gasteiger partial charge in [0.15, 0.2) is 0 Å². The van der Waals surface area contributed by atoms with E-state index in [1.165, 1.54) is 64.7 Å². The van der Waals surface area contributed by atoms with E-state index in [2.05, 4.69) is 17.1 Å². The first kappa shape index (κ1) is 14.3. The maximum Gasteiger partial charge on any atom is 0.0192 e. The third-order valence-corrected chi connectivity index (χ3v) is 4.19. The zero-order chi connectivity index (χ0) is 10.5. The van der Waals surface area contributed by atoms with Crippen LogP contribution in [0.25, 0.3) is 0 Å². The number of halogens is 1. The Balaban J connectivity index is 0.00000128. The number of rotatable bonds is 3. The van der Waals surface area contributed by atoms with Crippen LogP contribution in [0.1, 0.15) is 45.4 Å². The van der Waals surface area contributed by atoms with Gasteiger partial charge in [-0.25, -0.2) is 0 Å². The Morgan fingerprint density at radius 1 is 1.19 bits per heavy atom. The van der Waals surface area contributed by atoms with E-state index in [1.807, 2.05) is 0 Å². The van der Waals surface area contributed by atoms with Gasteiger partial charge in [-0.05, 0) is 25.8 Å². The first-order valence-corrected chi connectivity index (χ1v) is 6.81. The molecule has 0 radical (unpaired) electrons. The van der Waals surface area contributed by atoms with Crippen LogP contribution >= 0.6 is 12.4 Å². The molecule has 2 aliphatic rings. The van der Waals surface area contributed by atoms with Crippen LogP contribution in [0.4, 0.5) is 0 Å². The Labute approximate surface area is 107 Å². The smallest absolute Gasteiger partial charge is 0.0192 e. The molecular formula is C13H27ClN2. The van der Waals surface area contributed by atoms with E-state index in [0.29, 0.717) is 0 Å². The lowest BCUT2D eigenvalue weighted by atomic mass is 9.87. The number of nitrogens with one attached hydrogen (secondary N) is 1. The molecule has 0 spiro atoms. The van der Waals surface area contributed by atoms with Crippen LogP contribution in [0.15, 0.2) is 0 Å². The second-order valence-electron chi connectivity index (χ2n) is 5.38. The van der Waals surface area contributed by atoms with Crippen molar-refractivity contribution < 1.29 is 0 Å². The predicted molar refractivity (Wildman–Crippen MR) is 72.3 cm³/mol. The molecule has 1 saturated carbocycles. The molecule has 1 N–H and O–H groups in total. The summed E-state index contributed by atoms with van der Waals surface area (Å²) in [5.41, 5.74) is 0. The Morgan fingerprint density at radius 2 is 1.94 bits per heavy atom. The van der Waals surface area contributed by atoms with E-state index in [0.717, 1.165) is 12.0 Å². The second-order valence-corrected chi connectivity index (χ2v) is 5.38. The number of piperazine rings is 1. The molecule has 2 fully saturated rings. The molecule has 96 valence electrons. The van der Waals surface area contributed by atoms with Crippen molar-refractivity contribution in [3.05, 3.63) is 0 Å². The van der Waals surface area contributed by atoms with E-state index < -0.39 is 0 Å². The van der Waals surface area contributed by atoms with Crippen LogP contribution in [-0.2, 0) is 0 Å². The highest BCUT2D eigenvalue weighted by molar-refractivity contribution is 5.85. The largest absolute Gasteiger partial charge is 0.314 e. The highest BCUT2D eigenvalue weighted by atomic mass is 35.5. The van der Waals surface area contributed by atoms with Gasteiger partial charge in [0.1, 0.15) is 0 Å². The van der Waals surface area contributed by atoms with Crippen molar-refractivity contribution in [3.8, 4) is 0 Å². The van der Waals surface area contributed by atoms with Gasteiger partial charge in [0.05, 0.1) is 0 Å². The van der Waals surface area contributed by atoms with Gasteiger partial charge in [-0.3, -0.25) is 4.90 Å². The van der Waals surface area contributed by atoms with Crippen molar-refractivity contribution in [3.63, 3.8) is 0 Å².